The van der Waals surface area contributed by atoms with Gasteiger partial charge in [0.1, 0.15) is 0 Å². The van der Waals surface area contributed by atoms with Gasteiger partial charge in [0.05, 0.1) is 11.4 Å². The second kappa shape index (κ2) is 6.29. The predicted octanol–water partition coefficient (Wildman–Crippen LogP) is 2.64. The van der Waals surface area contributed by atoms with Crippen molar-refractivity contribution >= 4 is 11.6 Å². The van der Waals surface area contributed by atoms with Crippen LogP contribution in [-0.2, 0) is 6.42 Å². The summed E-state index contributed by atoms with van der Waals surface area (Å²) in [4.78, 5) is 12.2. The van der Waals surface area contributed by atoms with Crippen molar-refractivity contribution in [2.45, 2.75) is 58.8 Å². The van der Waals surface area contributed by atoms with Gasteiger partial charge >= 0.3 is 0 Å². The first kappa shape index (κ1) is 14.9. The van der Waals surface area contributed by atoms with Crippen molar-refractivity contribution in [2.24, 2.45) is 5.41 Å². The fourth-order valence-electron chi connectivity index (χ4n) is 2.96. The Kier molecular flexibility index (Phi) is 4.68. The molecule has 0 aliphatic heterocycles. The number of nitrogens with two attached hydrogens (primary N) is 1. The van der Waals surface area contributed by atoms with E-state index in [-0.39, 0.29) is 11.3 Å². The number of amides is 1. The molecule has 0 saturated heterocycles. The highest BCUT2D eigenvalue weighted by Crippen LogP contribution is 2.35. The molecule has 1 aliphatic carbocycles. The number of nitrogens with zero attached hydrogens (tertiary/aromatic N) is 1. The molecule has 1 saturated carbocycles. The molecule has 112 valence electrons. The highest BCUT2D eigenvalue weighted by molar-refractivity contribution is 5.97. The molecule has 20 heavy (non-hydrogen) atoms. The number of aromatic nitrogens is 2. The Morgan fingerprint density at radius 3 is 2.75 bits per heavy atom. The number of hydrogen-bond acceptors (Lipinski definition) is 3. The lowest BCUT2D eigenvalue weighted by Crippen LogP contribution is -2.37. The number of aromatic amines is 1. The van der Waals surface area contributed by atoms with E-state index in [0.29, 0.717) is 17.9 Å². The molecule has 4 N–H and O–H groups in total. The summed E-state index contributed by atoms with van der Waals surface area (Å²) in [6.45, 7) is 5.04. The minimum Gasteiger partial charge on any atom is -0.395 e. The molecule has 1 aromatic rings. The van der Waals surface area contributed by atoms with Crippen LogP contribution in [0, 0.1) is 5.41 Å². The summed E-state index contributed by atoms with van der Waals surface area (Å²) in [6.07, 6.45) is 8.01. The van der Waals surface area contributed by atoms with E-state index in [1.807, 2.05) is 0 Å². The third-order valence-electron chi connectivity index (χ3n) is 4.33. The fraction of sp³-hybridized carbons (Fsp3) is 0.733. The van der Waals surface area contributed by atoms with Gasteiger partial charge in [0.15, 0.2) is 5.69 Å². The largest absolute Gasteiger partial charge is 0.395 e. The number of nitrogen functional groups attached to an aromatic ring is 1. The zero-order chi connectivity index (χ0) is 14.6. The summed E-state index contributed by atoms with van der Waals surface area (Å²) in [6, 6.07) is 0. The van der Waals surface area contributed by atoms with Gasteiger partial charge in [-0.05, 0) is 24.7 Å². The van der Waals surface area contributed by atoms with E-state index in [9.17, 15) is 4.79 Å². The highest BCUT2D eigenvalue weighted by atomic mass is 16.1. The molecule has 5 nitrogen and oxygen atoms in total. The molecule has 1 fully saturated rings. The lowest BCUT2D eigenvalue weighted by molar-refractivity contribution is 0.0915. The molecular formula is C15H26N4O. The van der Waals surface area contributed by atoms with Crippen molar-refractivity contribution < 1.29 is 4.79 Å². The van der Waals surface area contributed by atoms with Crippen LogP contribution in [0.5, 0.6) is 0 Å². The molecule has 5 heteroatoms. The average molecular weight is 278 g/mol. The van der Waals surface area contributed by atoms with E-state index < -0.39 is 0 Å². The predicted molar refractivity (Wildman–Crippen MR) is 80.5 cm³/mol. The Bertz CT molecular complexity index is 460. The monoisotopic (exact) mass is 278 g/mol. The number of nitrogens with one attached hydrogen (secondary N) is 2. The van der Waals surface area contributed by atoms with Gasteiger partial charge < -0.3 is 11.1 Å². The van der Waals surface area contributed by atoms with Gasteiger partial charge in [0, 0.05) is 6.54 Å². The summed E-state index contributed by atoms with van der Waals surface area (Å²) in [5.74, 6) is -0.159. The van der Waals surface area contributed by atoms with Crippen molar-refractivity contribution in [2.75, 3.05) is 12.3 Å². The van der Waals surface area contributed by atoms with Crippen LogP contribution in [-0.4, -0.2) is 22.6 Å². The van der Waals surface area contributed by atoms with Crippen LogP contribution in [0.4, 0.5) is 5.69 Å². The van der Waals surface area contributed by atoms with Gasteiger partial charge in [-0.1, -0.05) is 39.5 Å². The Labute approximate surface area is 120 Å². The molecule has 1 heterocycles. The zero-order valence-electron chi connectivity index (χ0n) is 12.6. The summed E-state index contributed by atoms with van der Waals surface area (Å²) in [5, 5.41) is 9.93. The molecule has 0 unspecified atom stereocenters. The van der Waals surface area contributed by atoms with Crippen molar-refractivity contribution in [1.82, 2.24) is 15.5 Å². The number of anilines is 1. The second-order valence-electron chi connectivity index (χ2n) is 6.27. The molecule has 2 rings (SSSR count). The molecule has 1 amide bonds. The summed E-state index contributed by atoms with van der Waals surface area (Å²) in [7, 11) is 0. The van der Waals surface area contributed by atoms with E-state index in [2.05, 4.69) is 29.4 Å². The van der Waals surface area contributed by atoms with Crippen molar-refractivity contribution in [3.63, 3.8) is 0 Å². The average Bonchev–Trinajstić information content (AvgIpc) is 2.79. The quantitative estimate of drug-likeness (QED) is 0.774. The molecular weight excluding hydrogens is 252 g/mol. The van der Waals surface area contributed by atoms with Gasteiger partial charge in [0.2, 0.25) is 0 Å². The topological polar surface area (TPSA) is 83.8 Å². The first-order chi connectivity index (χ1) is 9.56. The number of H-pyrrole nitrogens is 1. The first-order valence-electron chi connectivity index (χ1n) is 7.66. The SMILES string of the molecule is CCCc1[nH]nc(C(=O)NCC2(C)CCCCC2)c1N. The van der Waals surface area contributed by atoms with E-state index in [1.54, 1.807) is 0 Å². The van der Waals surface area contributed by atoms with Gasteiger partial charge in [-0.25, -0.2) is 0 Å². The molecule has 0 atom stereocenters. The molecule has 1 aliphatic rings. The van der Waals surface area contributed by atoms with Gasteiger partial charge in [-0.15, -0.1) is 0 Å². The van der Waals surface area contributed by atoms with Crippen LogP contribution < -0.4 is 11.1 Å². The van der Waals surface area contributed by atoms with Crippen LogP contribution >= 0.6 is 0 Å². The van der Waals surface area contributed by atoms with Crippen molar-refractivity contribution in [1.29, 1.82) is 0 Å². The number of aryl methyl sites for hydroxylation is 1. The van der Waals surface area contributed by atoms with Gasteiger partial charge in [-0.3, -0.25) is 9.89 Å². The van der Waals surface area contributed by atoms with E-state index in [0.717, 1.165) is 18.5 Å². The van der Waals surface area contributed by atoms with Crippen LogP contribution in [0.3, 0.4) is 0 Å². The smallest absolute Gasteiger partial charge is 0.273 e. The standard InChI is InChI=1S/C15H26N4O/c1-3-7-11-12(16)13(19-18-11)14(20)17-10-15(2)8-5-4-6-9-15/h3-10,16H2,1-2H3,(H,17,20)(H,18,19). The Morgan fingerprint density at radius 2 is 2.10 bits per heavy atom. The Balaban J connectivity index is 1.94. The number of rotatable bonds is 5. The molecule has 0 aromatic carbocycles. The zero-order valence-corrected chi connectivity index (χ0v) is 12.6. The molecule has 0 radical (unpaired) electrons. The maximum absolute atomic E-state index is 12.2. The third kappa shape index (κ3) is 3.32. The number of hydrogen-bond donors (Lipinski definition) is 3. The van der Waals surface area contributed by atoms with Crippen molar-refractivity contribution in [3.05, 3.63) is 11.4 Å². The fourth-order valence-corrected chi connectivity index (χ4v) is 2.96. The van der Waals surface area contributed by atoms with Crippen molar-refractivity contribution in [3.8, 4) is 0 Å². The summed E-state index contributed by atoms with van der Waals surface area (Å²) < 4.78 is 0. The Morgan fingerprint density at radius 1 is 1.40 bits per heavy atom. The van der Waals surface area contributed by atoms with Crippen LogP contribution in [0.2, 0.25) is 0 Å². The molecule has 1 aromatic heterocycles. The lowest BCUT2D eigenvalue weighted by Gasteiger charge is -2.33. The van der Waals surface area contributed by atoms with Gasteiger partial charge in [0.25, 0.3) is 5.91 Å². The normalized spacial score (nSPS) is 17.9. The van der Waals surface area contributed by atoms with Crippen LogP contribution in [0.1, 0.15) is 68.6 Å². The maximum atomic E-state index is 12.2. The maximum Gasteiger partial charge on any atom is 0.273 e. The third-order valence-corrected chi connectivity index (χ3v) is 4.33. The minimum atomic E-state index is -0.159. The van der Waals surface area contributed by atoms with Crippen LogP contribution in [0.15, 0.2) is 0 Å². The summed E-state index contributed by atoms with van der Waals surface area (Å²) >= 11 is 0. The first-order valence-corrected chi connectivity index (χ1v) is 7.66. The minimum absolute atomic E-state index is 0.159. The highest BCUT2D eigenvalue weighted by Gasteiger charge is 2.28. The van der Waals surface area contributed by atoms with Gasteiger partial charge in [-0.2, -0.15) is 5.10 Å². The Hall–Kier alpha value is -1.52. The van der Waals surface area contributed by atoms with E-state index in [4.69, 9.17) is 5.73 Å². The lowest BCUT2D eigenvalue weighted by atomic mass is 9.76. The van der Waals surface area contributed by atoms with E-state index >= 15 is 0 Å². The number of carbonyl (C=O) groups excluding carboxylic acids is 1. The molecule has 0 spiro atoms. The number of carbonyl (C=O) groups is 1. The summed E-state index contributed by atoms with van der Waals surface area (Å²) in [5.41, 5.74) is 7.91. The van der Waals surface area contributed by atoms with E-state index in [1.165, 1.54) is 32.1 Å². The van der Waals surface area contributed by atoms with Crippen LogP contribution in [0.25, 0.3) is 0 Å². The second-order valence-corrected chi connectivity index (χ2v) is 6.27. The molecule has 0 bridgehead atoms.